The smallest absolute Gasteiger partial charge is 0.234 e. The molecule has 8 heteroatoms. The first kappa shape index (κ1) is 19.4. The largest absolute Gasteiger partial charge is 0.326 e. The van der Waals surface area contributed by atoms with Gasteiger partial charge in [0.25, 0.3) is 0 Å². The summed E-state index contributed by atoms with van der Waals surface area (Å²) >= 11 is 1.37. The molecule has 1 aliphatic carbocycles. The standard InChI is InChI=1S/C19H24N6OS/c1-3-25-17(15-7-11-21-12-8-15)22-23-18(25)27-13-16(26)24(2)19(14-20)9-5-4-6-10-19/h7-8,11-12H,3-6,9-10,13H2,1-2H3. The highest BCUT2D eigenvalue weighted by molar-refractivity contribution is 7.99. The van der Waals surface area contributed by atoms with E-state index in [-0.39, 0.29) is 11.7 Å². The number of nitrogens with zero attached hydrogens (tertiary/aromatic N) is 6. The zero-order valence-electron chi connectivity index (χ0n) is 15.8. The molecular weight excluding hydrogens is 360 g/mol. The van der Waals surface area contributed by atoms with Crippen molar-refractivity contribution in [1.82, 2.24) is 24.6 Å². The first-order valence-corrected chi connectivity index (χ1v) is 10.2. The number of thioether (sulfide) groups is 1. The molecule has 142 valence electrons. The maximum Gasteiger partial charge on any atom is 0.234 e. The SMILES string of the molecule is CCn1c(SCC(=O)N(C)C2(C#N)CCCCC2)nnc1-c1ccncc1. The van der Waals surface area contributed by atoms with Gasteiger partial charge in [-0.15, -0.1) is 10.2 Å². The van der Waals surface area contributed by atoms with Crippen LogP contribution in [-0.4, -0.2) is 48.9 Å². The van der Waals surface area contributed by atoms with Crippen LogP contribution in [0.15, 0.2) is 29.7 Å². The molecule has 0 N–H and O–H groups in total. The van der Waals surface area contributed by atoms with Crippen LogP contribution in [0.5, 0.6) is 0 Å². The Labute approximate surface area is 163 Å². The Morgan fingerprint density at radius 1 is 1.30 bits per heavy atom. The van der Waals surface area contributed by atoms with Gasteiger partial charge < -0.3 is 9.47 Å². The molecule has 0 saturated heterocycles. The van der Waals surface area contributed by atoms with Gasteiger partial charge in [0.1, 0.15) is 5.54 Å². The normalized spacial score (nSPS) is 15.9. The molecular formula is C19H24N6OS. The Kier molecular flexibility index (Phi) is 6.11. The Bertz CT molecular complexity index is 822. The van der Waals surface area contributed by atoms with Crippen LogP contribution in [0.4, 0.5) is 0 Å². The lowest BCUT2D eigenvalue weighted by atomic mass is 9.81. The molecule has 27 heavy (non-hydrogen) atoms. The van der Waals surface area contributed by atoms with E-state index in [1.165, 1.54) is 11.8 Å². The predicted octanol–water partition coefficient (Wildman–Crippen LogP) is 3.14. The number of hydrogen-bond acceptors (Lipinski definition) is 6. The minimum absolute atomic E-state index is 0.0421. The summed E-state index contributed by atoms with van der Waals surface area (Å²) in [6.45, 7) is 2.73. The maximum atomic E-state index is 12.7. The van der Waals surface area contributed by atoms with Crippen LogP contribution in [-0.2, 0) is 11.3 Å². The first-order chi connectivity index (χ1) is 13.1. The topological polar surface area (TPSA) is 87.7 Å². The van der Waals surface area contributed by atoms with Gasteiger partial charge in [-0.3, -0.25) is 9.78 Å². The minimum Gasteiger partial charge on any atom is -0.326 e. The summed E-state index contributed by atoms with van der Waals surface area (Å²) in [6, 6.07) is 6.19. The number of amides is 1. The molecule has 0 bridgehead atoms. The van der Waals surface area contributed by atoms with Crippen molar-refractivity contribution < 1.29 is 4.79 Å². The van der Waals surface area contributed by atoms with E-state index in [2.05, 4.69) is 21.3 Å². The molecule has 1 amide bonds. The number of hydrogen-bond donors (Lipinski definition) is 0. The van der Waals surface area contributed by atoms with Crippen LogP contribution in [0, 0.1) is 11.3 Å². The zero-order valence-corrected chi connectivity index (χ0v) is 16.6. The molecule has 7 nitrogen and oxygen atoms in total. The van der Waals surface area contributed by atoms with Crippen molar-refractivity contribution in [3.05, 3.63) is 24.5 Å². The lowest BCUT2D eigenvalue weighted by Gasteiger charge is -2.39. The van der Waals surface area contributed by atoms with Crippen LogP contribution in [0.1, 0.15) is 39.0 Å². The molecule has 2 aromatic heterocycles. The number of carbonyl (C=O) groups excluding carboxylic acids is 1. The van der Waals surface area contributed by atoms with Crippen LogP contribution in [0.3, 0.4) is 0 Å². The Balaban J connectivity index is 1.70. The van der Waals surface area contributed by atoms with E-state index in [1.54, 1.807) is 24.3 Å². The Morgan fingerprint density at radius 3 is 2.63 bits per heavy atom. The molecule has 0 aromatic carbocycles. The van der Waals surface area contributed by atoms with Crippen LogP contribution >= 0.6 is 11.8 Å². The van der Waals surface area contributed by atoms with Crippen molar-refractivity contribution >= 4 is 17.7 Å². The molecule has 0 radical (unpaired) electrons. The summed E-state index contributed by atoms with van der Waals surface area (Å²) in [7, 11) is 1.75. The van der Waals surface area contributed by atoms with E-state index in [0.29, 0.717) is 11.7 Å². The highest BCUT2D eigenvalue weighted by atomic mass is 32.2. The average molecular weight is 385 g/mol. The zero-order chi connectivity index (χ0) is 19.3. The van der Waals surface area contributed by atoms with Crippen molar-refractivity contribution in [2.75, 3.05) is 12.8 Å². The van der Waals surface area contributed by atoms with E-state index in [9.17, 15) is 10.1 Å². The Morgan fingerprint density at radius 2 is 2.00 bits per heavy atom. The van der Waals surface area contributed by atoms with Gasteiger partial charge in [-0.25, -0.2) is 0 Å². The molecule has 0 unspecified atom stereocenters. The van der Waals surface area contributed by atoms with Crippen molar-refractivity contribution in [1.29, 1.82) is 5.26 Å². The van der Waals surface area contributed by atoms with E-state index in [4.69, 9.17) is 0 Å². The first-order valence-electron chi connectivity index (χ1n) is 9.25. The third-order valence-electron chi connectivity index (χ3n) is 5.20. The van der Waals surface area contributed by atoms with Crippen LogP contribution in [0.25, 0.3) is 11.4 Å². The van der Waals surface area contributed by atoms with Gasteiger partial charge in [0.15, 0.2) is 11.0 Å². The van der Waals surface area contributed by atoms with Crippen LogP contribution < -0.4 is 0 Å². The van der Waals surface area contributed by atoms with E-state index >= 15 is 0 Å². The fourth-order valence-electron chi connectivity index (χ4n) is 3.52. The van der Waals surface area contributed by atoms with Crippen molar-refractivity contribution in [2.45, 2.75) is 56.3 Å². The van der Waals surface area contributed by atoms with E-state index in [1.807, 2.05) is 23.6 Å². The quantitative estimate of drug-likeness (QED) is 0.711. The van der Waals surface area contributed by atoms with Gasteiger partial charge >= 0.3 is 0 Å². The molecule has 0 aliphatic heterocycles. The third-order valence-corrected chi connectivity index (χ3v) is 6.15. The monoisotopic (exact) mass is 384 g/mol. The summed E-state index contributed by atoms with van der Waals surface area (Å²) in [5, 5.41) is 18.9. The molecule has 2 aromatic rings. The number of rotatable bonds is 6. The average Bonchev–Trinajstić information content (AvgIpc) is 3.15. The molecule has 1 saturated carbocycles. The predicted molar refractivity (Wildman–Crippen MR) is 104 cm³/mol. The fourth-order valence-corrected chi connectivity index (χ4v) is 4.43. The second-order valence-electron chi connectivity index (χ2n) is 6.73. The minimum atomic E-state index is -0.656. The number of aromatic nitrogens is 4. The molecule has 3 rings (SSSR count). The second-order valence-corrected chi connectivity index (χ2v) is 7.67. The summed E-state index contributed by atoms with van der Waals surface area (Å²) in [6.07, 6.45) is 8.09. The van der Waals surface area contributed by atoms with Gasteiger partial charge in [0.2, 0.25) is 5.91 Å². The molecule has 1 fully saturated rings. The lowest BCUT2D eigenvalue weighted by Crippen LogP contribution is -2.50. The summed E-state index contributed by atoms with van der Waals surface area (Å²) in [5.74, 6) is 0.970. The Hall–Kier alpha value is -2.40. The van der Waals surface area contributed by atoms with Gasteiger partial charge in [-0.05, 0) is 31.9 Å². The lowest BCUT2D eigenvalue weighted by molar-refractivity contribution is -0.131. The number of pyridine rings is 1. The summed E-state index contributed by atoms with van der Waals surface area (Å²) in [5.41, 5.74) is 0.288. The summed E-state index contributed by atoms with van der Waals surface area (Å²) in [4.78, 5) is 18.4. The van der Waals surface area contributed by atoms with E-state index < -0.39 is 5.54 Å². The van der Waals surface area contributed by atoms with Crippen molar-refractivity contribution in [3.63, 3.8) is 0 Å². The fraction of sp³-hybridized carbons (Fsp3) is 0.526. The van der Waals surface area contributed by atoms with Gasteiger partial charge in [-0.2, -0.15) is 5.26 Å². The maximum absolute atomic E-state index is 12.7. The van der Waals surface area contributed by atoms with Crippen molar-refractivity contribution in [2.24, 2.45) is 0 Å². The van der Waals surface area contributed by atoms with Crippen molar-refractivity contribution in [3.8, 4) is 17.5 Å². The van der Waals surface area contributed by atoms with Gasteiger partial charge in [-0.1, -0.05) is 31.0 Å². The summed E-state index contributed by atoms with van der Waals surface area (Å²) < 4.78 is 1.99. The number of nitriles is 1. The molecule has 0 atom stereocenters. The van der Waals surface area contributed by atoms with Gasteiger partial charge in [0.05, 0.1) is 11.8 Å². The van der Waals surface area contributed by atoms with E-state index in [0.717, 1.165) is 43.5 Å². The molecule has 1 aliphatic rings. The molecule has 0 spiro atoms. The second kappa shape index (κ2) is 8.53. The van der Waals surface area contributed by atoms with Crippen LogP contribution in [0.2, 0.25) is 0 Å². The molecule has 2 heterocycles. The highest BCUT2D eigenvalue weighted by Crippen LogP contribution is 2.33. The number of carbonyl (C=O) groups is 1. The van der Waals surface area contributed by atoms with Gasteiger partial charge in [0, 0.05) is 31.5 Å². The highest BCUT2D eigenvalue weighted by Gasteiger charge is 2.38. The third kappa shape index (κ3) is 3.98.